The summed E-state index contributed by atoms with van der Waals surface area (Å²) in [5.41, 5.74) is 1.84. The van der Waals surface area contributed by atoms with E-state index in [1.807, 2.05) is 13.8 Å². The van der Waals surface area contributed by atoms with E-state index in [1.165, 1.54) is 13.0 Å². The number of hydrogen-bond donors (Lipinski definition) is 1. The largest absolute Gasteiger partial charge is 0.494 e. The van der Waals surface area contributed by atoms with Crippen LogP contribution in [0.1, 0.15) is 26.3 Å². The summed E-state index contributed by atoms with van der Waals surface area (Å²) in [7, 11) is -3.96. The molecule has 1 amide bonds. The maximum absolute atomic E-state index is 13.2. The first-order valence-corrected chi connectivity index (χ1v) is 11.6. The number of hydrogen-bond acceptors (Lipinski definition) is 5. The molecule has 1 N–H and O–H groups in total. The standard InChI is InChI=1S/C20H23BrN2O5S/c1-4-27-15-6-7-19(28-5-2)17(11-15)22-29(25,26)20-12-18-14(10-16(20)21)8-9-23(18)13(3)24/h6-7,10-12,22H,4-5,8-9H2,1-3H3. The molecule has 0 saturated heterocycles. The molecular weight excluding hydrogens is 460 g/mol. The fraction of sp³-hybridized carbons (Fsp3) is 0.350. The first-order valence-electron chi connectivity index (χ1n) is 9.29. The second-order valence-electron chi connectivity index (χ2n) is 6.46. The molecule has 0 radical (unpaired) electrons. The lowest BCUT2D eigenvalue weighted by Gasteiger charge is -2.18. The summed E-state index contributed by atoms with van der Waals surface area (Å²) in [4.78, 5) is 13.5. The number of anilines is 2. The number of carbonyl (C=O) groups is 1. The molecule has 0 fully saturated rings. The van der Waals surface area contributed by atoms with Crippen LogP contribution in [0.2, 0.25) is 0 Å². The predicted octanol–water partition coefficient (Wildman–Crippen LogP) is 3.96. The van der Waals surface area contributed by atoms with E-state index in [1.54, 1.807) is 29.2 Å². The average molecular weight is 483 g/mol. The Bertz CT molecular complexity index is 1040. The molecule has 1 aliphatic heterocycles. The topological polar surface area (TPSA) is 84.9 Å². The number of ether oxygens (including phenoxy) is 2. The monoisotopic (exact) mass is 482 g/mol. The van der Waals surface area contributed by atoms with Gasteiger partial charge in [-0.3, -0.25) is 9.52 Å². The summed E-state index contributed by atoms with van der Waals surface area (Å²) < 4.78 is 40.4. The average Bonchev–Trinajstić information content (AvgIpc) is 3.06. The van der Waals surface area contributed by atoms with Crippen LogP contribution >= 0.6 is 15.9 Å². The van der Waals surface area contributed by atoms with Crippen molar-refractivity contribution in [2.45, 2.75) is 32.1 Å². The predicted molar refractivity (Wildman–Crippen MR) is 115 cm³/mol. The minimum atomic E-state index is -3.96. The molecule has 1 aliphatic rings. The number of halogens is 1. The van der Waals surface area contributed by atoms with Gasteiger partial charge in [0.05, 0.1) is 18.9 Å². The Morgan fingerprint density at radius 3 is 2.55 bits per heavy atom. The zero-order chi connectivity index (χ0) is 21.2. The number of nitrogens with one attached hydrogen (secondary N) is 1. The summed E-state index contributed by atoms with van der Waals surface area (Å²) in [6.45, 7) is 6.53. The summed E-state index contributed by atoms with van der Waals surface area (Å²) >= 11 is 3.37. The van der Waals surface area contributed by atoms with E-state index in [0.29, 0.717) is 47.8 Å². The van der Waals surface area contributed by atoms with E-state index >= 15 is 0 Å². The van der Waals surface area contributed by atoms with Gasteiger partial charge >= 0.3 is 0 Å². The third-order valence-electron chi connectivity index (χ3n) is 4.50. The van der Waals surface area contributed by atoms with Crippen LogP contribution in [0.4, 0.5) is 11.4 Å². The molecule has 156 valence electrons. The molecule has 0 saturated carbocycles. The molecule has 3 rings (SSSR count). The van der Waals surface area contributed by atoms with Gasteiger partial charge in [0.2, 0.25) is 5.91 Å². The Labute approximate surface area is 179 Å². The first kappa shape index (κ1) is 21.4. The van der Waals surface area contributed by atoms with E-state index in [2.05, 4.69) is 20.7 Å². The molecule has 2 aromatic rings. The molecule has 29 heavy (non-hydrogen) atoms. The van der Waals surface area contributed by atoms with Crippen molar-refractivity contribution < 1.29 is 22.7 Å². The summed E-state index contributed by atoms with van der Waals surface area (Å²) in [6.07, 6.45) is 0.687. The lowest BCUT2D eigenvalue weighted by Crippen LogP contribution is -2.26. The van der Waals surface area contributed by atoms with E-state index < -0.39 is 10.0 Å². The lowest BCUT2D eigenvalue weighted by atomic mass is 10.2. The van der Waals surface area contributed by atoms with Crippen LogP contribution in [0.3, 0.4) is 0 Å². The van der Waals surface area contributed by atoms with E-state index in [4.69, 9.17) is 9.47 Å². The van der Waals surface area contributed by atoms with Crippen LogP contribution in [0.15, 0.2) is 39.7 Å². The first-order chi connectivity index (χ1) is 13.8. The van der Waals surface area contributed by atoms with Crippen molar-refractivity contribution >= 4 is 43.2 Å². The normalized spacial score (nSPS) is 13.2. The van der Waals surface area contributed by atoms with Crippen LogP contribution in [0, 0.1) is 0 Å². The highest BCUT2D eigenvalue weighted by atomic mass is 79.9. The molecule has 0 spiro atoms. The van der Waals surface area contributed by atoms with Crippen molar-refractivity contribution in [3.63, 3.8) is 0 Å². The van der Waals surface area contributed by atoms with Crippen LogP contribution in [-0.2, 0) is 21.2 Å². The minimum absolute atomic E-state index is 0.0497. The number of sulfonamides is 1. The highest BCUT2D eigenvalue weighted by Gasteiger charge is 2.28. The molecule has 2 aromatic carbocycles. The summed E-state index contributed by atoms with van der Waals surface area (Å²) in [5.74, 6) is 0.817. The number of fused-ring (bicyclic) bond motifs is 1. The SMILES string of the molecule is CCOc1ccc(OCC)c(NS(=O)(=O)c2cc3c(cc2Br)CCN3C(C)=O)c1. The Hall–Kier alpha value is -2.26. The summed E-state index contributed by atoms with van der Waals surface area (Å²) in [5, 5.41) is 0. The number of rotatable bonds is 7. The number of amides is 1. The van der Waals surface area contributed by atoms with E-state index in [0.717, 1.165) is 5.56 Å². The maximum Gasteiger partial charge on any atom is 0.263 e. The van der Waals surface area contributed by atoms with Gasteiger partial charge in [0.25, 0.3) is 10.0 Å². The summed E-state index contributed by atoms with van der Waals surface area (Å²) in [6, 6.07) is 8.27. The van der Waals surface area contributed by atoms with Gasteiger partial charge < -0.3 is 14.4 Å². The fourth-order valence-electron chi connectivity index (χ4n) is 3.25. The number of carbonyl (C=O) groups excluding carboxylic acids is 1. The van der Waals surface area contributed by atoms with Gasteiger partial charge in [-0.1, -0.05) is 0 Å². The molecule has 0 atom stereocenters. The van der Waals surface area contributed by atoms with Crippen molar-refractivity contribution in [3.05, 3.63) is 40.4 Å². The Morgan fingerprint density at radius 2 is 1.90 bits per heavy atom. The van der Waals surface area contributed by atoms with Crippen LogP contribution in [-0.4, -0.2) is 34.1 Å². The Balaban J connectivity index is 2.01. The highest BCUT2D eigenvalue weighted by molar-refractivity contribution is 9.10. The Morgan fingerprint density at radius 1 is 1.17 bits per heavy atom. The lowest BCUT2D eigenvalue weighted by molar-refractivity contribution is -0.116. The quantitative estimate of drug-likeness (QED) is 0.645. The van der Waals surface area contributed by atoms with Crippen molar-refractivity contribution in [3.8, 4) is 11.5 Å². The number of benzene rings is 2. The third-order valence-corrected chi connectivity index (χ3v) is 6.83. The second-order valence-corrected chi connectivity index (χ2v) is 8.97. The van der Waals surface area contributed by atoms with Crippen LogP contribution in [0.5, 0.6) is 11.5 Å². The molecule has 7 nitrogen and oxygen atoms in total. The smallest absolute Gasteiger partial charge is 0.263 e. The number of nitrogens with zero attached hydrogens (tertiary/aromatic N) is 1. The van der Waals surface area contributed by atoms with Gasteiger partial charge in [-0.2, -0.15) is 0 Å². The molecular formula is C20H23BrN2O5S. The second kappa shape index (κ2) is 8.62. The maximum atomic E-state index is 13.2. The third kappa shape index (κ3) is 4.51. The van der Waals surface area contributed by atoms with Crippen molar-refractivity contribution in [2.24, 2.45) is 0 Å². The fourth-order valence-corrected chi connectivity index (χ4v) is 5.42. The van der Waals surface area contributed by atoms with Gasteiger partial charge in [0.15, 0.2) is 0 Å². The molecule has 0 aliphatic carbocycles. The highest BCUT2D eigenvalue weighted by Crippen LogP contribution is 2.37. The van der Waals surface area contributed by atoms with Gasteiger partial charge in [0.1, 0.15) is 16.4 Å². The van der Waals surface area contributed by atoms with Gasteiger partial charge in [-0.25, -0.2) is 8.42 Å². The van der Waals surface area contributed by atoms with Crippen LogP contribution < -0.4 is 19.1 Å². The zero-order valence-electron chi connectivity index (χ0n) is 16.5. The van der Waals surface area contributed by atoms with Gasteiger partial charge in [-0.05, 0) is 66.0 Å². The Kier molecular flexibility index (Phi) is 6.38. The van der Waals surface area contributed by atoms with Gasteiger partial charge in [-0.15, -0.1) is 0 Å². The molecule has 1 heterocycles. The zero-order valence-corrected chi connectivity index (χ0v) is 18.9. The van der Waals surface area contributed by atoms with Crippen molar-refractivity contribution in [2.75, 3.05) is 29.4 Å². The van der Waals surface area contributed by atoms with E-state index in [-0.39, 0.29) is 16.5 Å². The van der Waals surface area contributed by atoms with E-state index in [9.17, 15) is 13.2 Å². The molecule has 0 aromatic heterocycles. The molecule has 0 unspecified atom stereocenters. The van der Waals surface area contributed by atoms with Crippen LogP contribution in [0.25, 0.3) is 0 Å². The molecule has 0 bridgehead atoms. The van der Waals surface area contributed by atoms with Gasteiger partial charge in [0, 0.05) is 29.7 Å². The van der Waals surface area contributed by atoms with Crippen molar-refractivity contribution in [1.82, 2.24) is 0 Å². The van der Waals surface area contributed by atoms with Crippen molar-refractivity contribution in [1.29, 1.82) is 0 Å². The molecule has 9 heteroatoms. The minimum Gasteiger partial charge on any atom is -0.494 e.